The van der Waals surface area contributed by atoms with Crippen LogP contribution in [0.4, 0.5) is 0 Å². The van der Waals surface area contributed by atoms with Gasteiger partial charge in [0.15, 0.2) is 0 Å². The lowest BCUT2D eigenvalue weighted by Gasteiger charge is -2.28. The fourth-order valence-corrected chi connectivity index (χ4v) is 1.41. The maximum atomic E-state index is 4.37. The van der Waals surface area contributed by atoms with Crippen molar-refractivity contribution < 1.29 is 0 Å². The van der Waals surface area contributed by atoms with Crippen LogP contribution in [0.3, 0.4) is 0 Å². The van der Waals surface area contributed by atoms with Gasteiger partial charge in [-0.3, -0.25) is 4.68 Å². The van der Waals surface area contributed by atoms with E-state index in [1.54, 1.807) is 0 Å². The van der Waals surface area contributed by atoms with Crippen molar-refractivity contribution in [2.75, 3.05) is 0 Å². The zero-order valence-corrected chi connectivity index (χ0v) is 9.55. The molecule has 1 aromatic rings. The van der Waals surface area contributed by atoms with E-state index in [0.29, 0.717) is 0 Å². The summed E-state index contributed by atoms with van der Waals surface area (Å²) in [6, 6.07) is 2.10. The van der Waals surface area contributed by atoms with Crippen LogP contribution in [0.15, 0.2) is 12.3 Å². The van der Waals surface area contributed by atoms with Crippen LogP contribution >= 0.6 is 0 Å². The van der Waals surface area contributed by atoms with Crippen LogP contribution in [0.2, 0.25) is 0 Å². The van der Waals surface area contributed by atoms with Gasteiger partial charge in [-0.15, -0.1) is 0 Å². The van der Waals surface area contributed by atoms with E-state index in [1.165, 1.54) is 5.69 Å². The van der Waals surface area contributed by atoms with E-state index in [0.717, 1.165) is 0 Å². The third-order valence-corrected chi connectivity index (χ3v) is 2.05. The van der Waals surface area contributed by atoms with Gasteiger partial charge in [0.2, 0.25) is 0 Å². The summed E-state index contributed by atoms with van der Waals surface area (Å²) in [4.78, 5) is 0. The van der Waals surface area contributed by atoms with Gasteiger partial charge in [-0.25, -0.2) is 0 Å². The minimum Gasteiger partial charge on any atom is -0.264 e. The van der Waals surface area contributed by atoms with Gasteiger partial charge in [-0.2, -0.15) is 5.10 Å². The van der Waals surface area contributed by atoms with Gasteiger partial charge in [0.25, 0.3) is 0 Å². The molecule has 0 amide bonds. The third kappa shape index (κ3) is 2.11. The number of aromatic nitrogens is 2. The maximum Gasteiger partial charge on any atom is 0.0546 e. The molecule has 0 unspecified atom stereocenters. The summed E-state index contributed by atoms with van der Waals surface area (Å²) in [6.07, 6.45) is 1.88. The van der Waals surface area contributed by atoms with Crippen molar-refractivity contribution in [3.05, 3.63) is 18.0 Å². The fraction of sp³-hybridized carbons (Fsp3) is 0.727. The van der Waals surface area contributed by atoms with E-state index in [-0.39, 0.29) is 11.0 Å². The number of rotatable bonds is 0. The SMILES string of the molecule is CC(C)(C)c1ccnn1C(C)(C)C. The molecule has 0 aromatic carbocycles. The average Bonchev–Trinajstić information content (AvgIpc) is 2.27. The Morgan fingerprint density at radius 3 is 1.92 bits per heavy atom. The molecule has 0 N–H and O–H groups in total. The highest BCUT2D eigenvalue weighted by molar-refractivity contribution is 5.13. The molecule has 0 fully saturated rings. The van der Waals surface area contributed by atoms with Crippen LogP contribution in [-0.2, 0) is 11.0 Å². The molecule has 0 aliphatic rings. The normalized spacial score (nSPS) is 13.4. The average molecular weight is 180 g/mol. The van der Waals surface area contributed by atoms with Crippen molar-refractivity contribution in [3.63, 3.8) is 0 Å². The predicted molar refractivity (Wildman–Crippen MR) is 55.9 cm³/mol. The lowest BCUT2D eigenvalue weighted by atomic mass is 9.91. The first-order valence-electron chi connectivity index (χ1n) is 4.78. The minimum atomic E-state index is 0.0755. The van der Waals surface area contributed by atoms with Gasteiger partial charge in [0.1, 0.15) is 0 Å². The molecule has 0 bridgehead atoms. The Kier molecular flexibility index (Phi) is 2.27. The summed E-state index contributed by atoms with van der Waals surface area (Å²) in [7, 11) is 0. The lowest BCUT2D eigenvalue weighted by molar-refractivity contribution is 0.322. The monoisotopic (exact) mass is 180 g/mol. The van der Waals surface area contributed by atoms with E-state index in [1.807, 2.05) is 6.20 Å². The van der Waals surface area contributed by atoms with Crippen molar-refractivity contribution in [3.8, 4) is 0 Å². The number of nitrogens with zero attached hydrogens (tertiary/aromatic N) is 2. The zero-order valence-electron chi connectivity index (χ0n) is 9.55. The van der Waals surface area contributed by atoms with E-state index < -0.39 is 0 Å². The minimum absolute atomic E-state index is 0.0755. The Balaban J connectivity index is 3.19. The highest BCUT2D eigenvalue weighted by atomic mass is 15.3. The summed E-state index contributed by atoms with van der Waals surface area (Å²) in [5.41, 5.74) is 1.54. The van der Waals surface area contributed by atoms with Gasteiger partial charge in [-0.05, 0) is 26.8 Å². The second-order valence-corrected chi connectivity index (χ2v) is 5.55. The smallest absolute Gasteiger partial charge is 0.0546 e. The maximum absolute atomic E-state index is 4.37. The van der Waals surface area contributed by atoms with Crippen LogP contribution in [0, 0.1) is 0 Å². The molecule has 74 valence electrons. The lowest BCUT2D eigenvalue weighted by Crippen LogP contribution is -2.29. The summed E-state index contributed by atoms with van der Waals surface area (Å²) >= 11 is 0. The van der Waals surface area contributed by atoms with Crippen molar-refractivity contribution in [2.24, 2.45) is 0 Å². The molecule has 1 aromatic heterocycles. The Morgan fingerprint density at radius 1 is 1.08 bits per heavy atom. The van der Waals surface area contributed by atoms with E-state index in [9.17, 15) is 0 Å². The Hall–Kier alpha value is -0.790. The van der Waals surface area contributed by atoms with Crippen LogP contribution in [-0.4, -0.2) is 9.78 Å². The molecule has 0 spiro atoms. The molecule has 0 saturated heterocycles. The highest BCUT2D eigenvalue weighted by Crippen LogP contribution is 2.26. The predicted octanol–water partition coefficient (Wildman–Crippen LogP) is 2.94. The van der Waals surface area contributed by atoms with Gasteiger partial charge < -0.3 is 0 Å². The van der Waals surface area contributed by atoms with Gasteiger partial charge in [-0.1, -0.05) is 20.8 Å². The quantitative estimate of drug-likeness (QED) is 0.600. The third-order valence-electron chi connectivity index (χ3n) is 2.05. The topological polar surface area (TPSA) is 17.8 Å². The first-order valence-corrected chi connectivity index (χ1v) is 4.78. The van der Waals surface area contributed by atoms with E-state index >= 15 is 0 Å². The molecular weight excluding hydrogens is 160 g/mol. The highest BCUT2D eigenvalue weighted by Gasteiger charge is 2.24. The number of hydrogen-bond donors (Lipinski definition) is 0. The first kappa shape index (κ1) is 10.3. The molecule has 1 heterocycles. The van der Waals surface area contributed by atoms with Crippen molar-refractivity contribution in [2.45, 2.75) is 52.5 Å². The van der Waals surface area contributed by atoms with Gasteiger partial charge in [0.05, 0.1) is 5.54 Å². The van der Waals surface area contributed by atoms with Crippen LogP contribution in [0.25, 0.3) is 0 Å². The van der Waals surface area contributed by atoms with Crippen molar-refractivity contribution >= 4 is 0 Å². The van der Waals surface area contributed by atoms with Gasteiger partial charge >= 0.3 is 0 Å². The van der Waals surface area contributed by atoms with Crippen LogP contribution in [0.1, 0.15) is 47.2 Å². The fourth-order valence-electron chi connectivity index (χ4n) is 1.41. The first-order chi connectivity index (χ1) is 5.73. The number of hydrogen-bond acceptors (Lipinski definition) is 1. The molecule has 0 aliphatic heterocycles. The Morgan fingerprint density at radius 2 is 1.62 bits per heavy atom. The molecule has 1 rings (SSSR count). The molecule has 2 nitrogen and oxygen atoms in total. The molecule has 0 atom stereocenters. The van der Waals surface area contributed by atoms with E-state index in [2.05, 4.69) is 57.4 Å². The summed E-state index contributed by atoms with van der Waals surface area (Å²) in [5, 5.41) is 4.37. The van der Waals surface area contributed by atoms with Crippen molar-refractivity contribution in [1.29, 1.82) is 0 Å². The summed E-state index contributed by atoms with van der Waals surface area (Å²) in [6.45, 7) is 13.2. The second kappa shape index (κ2) is 2.86. The molecule has 0 saturated carbocycles. The molecular formula is C11H20N2. The molecule has 2 heteroatoms. The molecule has 0 radical (unpaired) electrons. The summed E-state index contributed by atoms with van der Waals surface area (Å²) in [5.74, 6) is 0. The molecule has 13 heavy (non-hydrogen) atoms. The van der Waals surface area contributed by atoms with Crippen LogP contribution < -0.4 is 0 Å². The largest absolute Gasteiger partial charge is 0.264 e. The summed E-state index contributed by atoms with van der Waals surface area (Å²) < 4.78 is 2.10. The zero-order chi connectivity index (χ0) is 10.3. The Bertz CT molecular complexity index is 255. The van der Waals surface area contributed by atoms with E-state index in [4.69, 9.17) is 0 Å². The second-order valence-electron chi connectivity index (χ2n) is 5.55. The van der Waals surface area contributed by atoms with Crippen LogP contribution in [0.5, 0.6) is 0 Å². The molecule has 0 aliphatic carbocycles. The Labute approximate surface area is 81.0 Å². The van der Waals surface area contributed by atoms with Gasteiger partial charge in [0, 0.05) is 17.3 Å². The standard InChI is InChI=1S/C11H20N2/c1-10(2,3)9-7-8-12-13(9)11(4,5)6/h7-8H,1-6H3. The van der Waals surface area contributed by atoms with Crippen molar-refractivity contribution in [1.82, 2.24) is 9.78 Å².